The fourth-order valence-corrected chi connectivity index (χ4v) is 4.31. The van der Waals surface area contributed by atoms with Crippen LogP contribution in [0, 0.1) is 11.8 Å². The van der Waals surface area contributed by atoms with Gasteiger partial charge in [-0.2, -0.15) is 0 Å². The molecule has 3 rings (SSSR count). The fraction of sp³-hybridized carbons (Fsp3) is 0.600. The topological polar surface area (TPSA) is 67.4 Å². The zero-order chi connectivity index (χ0) is 19.4. The molecule has 0 aromatic heterocycles. The summed E-state index contributed by atoms with van der Waals surface area (Å²) in [5.41, 5.74) is 0.732. The summed E-state index contributed by atoms with van der Waals surface area (Å²) in [4.78, 5) is 24.1. The zero-order valence-electron chi connectivity index (χ0n) is 15.5. The van der Waals surface area contributed by atoms with Gasteiger partial charge in [0.1, 0.15) is 0 Å². The minimum Gasteiger partial charge on any atom is -0.381 e. The number of carbonyl (C=O) groups excluding carboxylic acids is 2. The molecule has 2 amide bonds. The Kier molecular flexibility index (Phi) is 6.66. The Hall–Kier alpha value is -1.30. The Morgan fingerprint density at radius 1 is 1.22 bits per heavy atom. The molecule has 27 heavy (non-hydrogen) atoms. The van der Waals surface area contributed by atoms with Crippen molar-refractivity contribution < 1.29 is 14.3 Å². The number of hydrogen-bond acceptors (Lipinski definition) is 3. The summed E-state index contributed by atoms with van der Waals surface area (Å²) in [7, 11) is 0. The molecule has 7 heteroatoms. The van der Waals surface area contributed by atoms with Crippen molar-refractivity contribution in [1.82, 2.24) is 10.6 Å². The van der Waals surface area contributed by atoms with Crippen LogP contribution in [0.5, 0.6) is 0 Å². The number of carbonyl (C=O) groups is 2. The lowest BCUT2D eigenvalue weighted by Crippen LogP contribution is -2.45. The molecule has 0 unspecified atom stereocenters. The predicted octanol–water partition coefficient (Wildman–Crippen LogP) is 3.32. The monoisotopic (exact) mass is 412 g/mol. The SMILES string of the molecule is C[C@H]1C[C@@H]1C(=O)NCCC(=O)NCC1(c2ccc(Cl)cc2Cl)CCOCC1. The minimum absolute atomic E-state index is 0.0594. The van der Waals surface area contributed by atoms with Crippen LogP contribution < -0.4 is 10.6 Å². The molecule has 1 heterocycles. The summed E-state index contributed by atoms with van der Waals surface area (Å²) in [6.45, 7) is 4.18. The van der Waals surface area contributed by atoms with Crippen LogP contribution in [0.1, 0.15) is 38.2 Å². The van der Waals surface area contributed by atoms with Crippen molar-refractivity contribution in [3.63, 3.8) is 0 Å². The standard InChI is InChI=1S/C20H26Cl2N2O3/c1-13-10-15(13)19(26)23-7-4-18(25)24-12-20(5-8-27-9-6-20)16-3-2-14(21)11-17(16)22/h2-3,11,13,15H,4-10,12H2,1H3,(H,23,26)(H,24,25)/t13-,15-/m0/s1. The molecule has 5 nitrogen and oxygen atoms in total. The lowest BCUT2D eigenvalue weighted by molar-refractivity contribution is -0.123. The number of halogens is 2. The van der Waals surface area contributed by atoms with Crippen molar-refractivity contribution >= 4 is 35.0 Å². The quantitative estimate of drug-likeness (QED) is 0.721. The van der Waals surface area contributed by atoms with Crippen molar-refractivity contribution in [1.29, 1.82) is 0 Å². The van der Waals surface area contributed by atoms with Crippen molar-refractivity contribution in [3.8, 4) is 0 Å². The summed E-state index contributed by atoms with van der Waals surface area (Å²) in [5.74, 6) is 0.584. The summed E-state index contributed by atoms with van der Waals surface area (Å²) in [5, 5.41) is 7.08. The molecule has 1 aliphatic heterocycles. The van der Waals surface area contributed by atoms with E-state index in [1.807, 2.05) is 12.1 Å². The second kappa shape index (κ2) is 8.80. The van der Waals surface area contributed by atoms with Crippen LogP contribution in [0.25, 0.3) is 0 Å². The minimum atomic E-state index is -0.262. The third-order valence-corrected chi connectivity index (χ3v) is 6.22. The number of hydrogen-bond donors (Lipinski definition) is 2. The normalized spacial score (nSPS) is 23.5. The molecule has 2 N–H and O–H groups in total. The molecule has 1 aromatic rings. The van der Waals surface area contributed by atoms with Crippen molar-refractivity contribution in [2.75, 3.05) is 26.3 Å². The van der Waals surface area contributed by atoms with Crippen molar-refractivity contribution in [2.24, 2.45) is 11.8 Å². The highest BCUT2D eigenvalue weighted by atomic mass is 35.5. The summed E-state index contributed by atoms with van der Waals surface area (Å²) < 4.78 is 5.52. The molecule has 0 bridgehead atoms. The first kappa shape index (κ1) is 20.4. The zero-order valence-corrected chi connectivity index (χ0v) is 17.0. The van der Waals surface area contributed by atoms with Gasteiger partial charge in [0.15, 0.2) is 0 Å². The predicted molar refractivity (Wildman–Crippen MR) is 106 cm³/mol. The highest BCUT2D eigenvalue weighted by Crippen LogP contribution is 2.39. The van der Waals surface area contributed by atoms with Crippen LogP contribution in [0.3, 0.4) is 0 Å². The van der Waals surface area contributed by atoms with Gasteiger partial charge in [0.25, 0.3) is 0 Å². The number of benzene rings is 1. The maximum absolute atomic E-state index is 12.3. The number of rotatable bonds is 7. The van der Waals surface area contributed by atoms with Gasteiger partial charge in [-0.1, -0.05) is 36.2 Å². The first-order chi connectivity index (χ1) is 12.9. The third kappa shape index (κ3) is 5.15. The van der Waals surface area contributed by atoms with Crippen LogP contribution in [0.2, 0.25) is 10.0 Å². The lowest BCUT2D eigenvalue weighted by atomic mass is 9.74. The molecule has 1 aromatic carbocycles. The van der Waals surface area contributed by atoms with Gasteiger partial charge in [0.2, 0.25) is 11.8 Å². The van der Waals surface area contributed by atoms with Gasteiger partial charge in [0.05, 0.1) is 0 Å². The summed E-state index contributed by atoms with van der Waals surface area (Å²) in [6.07, 6.45) is 2.79. The molecule has 2 aliphatic rings. The lowest BCUT2D eigenvalue weighted by Gasteiger charge is -2.38. The van der Waals surface area contributed by atoms with Gasteiger partial charge in [-0.3, -0.25) is 9.59 Å². The van der Waals surface area contributed by atoms with Crippen LogP contribution in [0.15, 0.2) is 18.2 Å². The van der Waals surface area contributed by atoms with Crippen LogP contribution >= 0.6 is 23.2 Å². The molecule has 0 radical (unpaired) electrons. The molecule has 0 spiro atoms. The Labute approximate surface area is 170 Å². The smallest absolute Gasteiger partial charge is 0.223 e. The Bertz CT molecular complexity index is 704. The molecule has 148 valence electrons. The van der Waals surface area contributed by atoms with E-state index in [1.165, 1.54) is 0 Å². The van der Waals surface area contributed by atoms with Gasteiger partial charge < -0.3 is 15.4 Å². The van der Waals surface area contributed by atoms with E-state index in [0.717, 1.165) is 24.8 Å². The van der Waals surface area contributed by atoms with Gasteiger partial charge in [-0.15, -0.1) is 0 Å². The highest BCUT2D eigenvalue weighted by Gasteiger charge is 2.39. The number of amides is 2. The first-order valence-electron chi connectivity index (χ1n) is 9.49. The maximum atomic E-state index is 12.3. The van der Waals surface area contributed by atoms with Gasteiger partial charge >= 0.3 is 0 Å². The van der Waals surface area contributed by atoms with Gasteiger partial charge in [-0.25, -0.2) is 0 Å². The summed E-state index contributed by atoms with van der Waals surface area (Å²) in [6, 6.07) is 5.52. The average molecular weight is 413 g/mol. The van der Waals surface area contributed by atoms with Gasteiger partial charge in [0, 0.05) is 54.1 Å². The van der Waals surface area contributed by atoms with E-state index in [2.05, 4.69) is 17.6 Å². The molecule has 2 atom stereocenters. The molecular formula is C20H26Cl2N2O3. The largest absolute Gasteiger partial charge is 0.381 e. The van der Waals surface area contributed by atoms with E-state index in [0.29, 0.717) is 42.3 Å². The Balaban J connectivity index is 1.55. The molecule has 1 saturated carbocycles. The number of ether oxygens (including phenoxy) is 1. The Morgan fingerprint density at radius 3 is 2.56 bits per heavy atom. The van der Waals surface area contributed by atoms with Crippen LogP contribution in [-0.2, 0) is 19.7 Å². The van der Waals surface area contributed by atoms with Crippen LogP contribution in [0.4, 0.5) is 0 Å². The van der Waals surface area contributed by atoms with E-state index in [9.17, 15) is 9.59 Å². The van der Waals surface area contributed by atoms with E-state index >= 15 is 0 Å². The summed E-state index contributed by atoms with van der Waals surface area (Å²) >= 11 is 12.5. The fourth-order valence-electron chi connectivity index (χ4n) is 3.70. The van der Waals surface area contributed by atoms with Crippen LogP contribution in [-0.4, -0.2) is 38.1 Å². The molecule has 2 fully saturated rings. The van der Waals surface area contributed by atoms with E-state index < -0.39 is 0 Å². The van der Waals surface area contributed by atoms with E-state index in [1.54, 1.807) is 6.07 Å². The first-order valence-corrected chi connectivity index (χ1v) is 10.2. The van der Waals surface area contributed by atoms with Gasteiger partial charge in [-0.05, 0) is 42.9 Å². The van der Waals surface area contributed by atoms with Crippen molar-refractivity contribution in [2.45, 2.75) is 38.0 Å². The van der Waals surface area contributed by atoms with Crippen molar-refractivity contribution in [3.05, 3.63) is 33.8 Å². The second-order valence-electron chi connectivity index (χ2n) is 7.65. The Morgan fingerprint density at radius 2 is 1.93 bits per heavy atom. The average Bonchev–Trinajstić information content (AvgIpc) is 3.37. The molecular weight excluding hydrogens is 387 g/mol. The van der Waals surface area contributed by atoms with E-state index in [-0.39, 0.29) is 29.6 Å². The molecule has 1 saturated heterocycles. The third-order valence-electron chi connectivity index (χ3n) is 5.67. The second-order valence-corrected chi connectivity index (χ2v) is 8.50. The van der Waals surface area contributed by atoms with E-state index in [4.69, 9.17) is 27.9 Å². The highest BCUT2D eigenvalue weighted by molar-refractivity contribution is 6.35. The number of nitrogens with one attached hydrogen (secondary N) is 2. The molecule has 1 aliphatic carbocycles. The maximum Gasteiger partial charge on any atom is 0.223 e.